The molecule has 1 heterocycles. The first-order chi connectivity index (χ1) is 13.6. The van der Waals surface area contributed by atoms with Gasteiger partial charge < -0.3 is 14.8 Å². The first kappa shape index (κ1) is 21.3. The van der Waals surface area contributed by atoms with Crippen molar-refractivity contribution in [3.8, 4) is 11.5 Å². The van der Waals surface area contributed by atoms with Crippen molar-refractivity contribution in [3.63, 3.8) is 0 Å². The first-order valence-electron chi connectivity index (χ1n) is 8.77. The highest BCUT2D eigenvalue weighted by Crippen LogP contribution is 2.38. The Bertz CT molecular complexity index is 802. The second-order valence-corrected chi connectivity index (χ2v) is 6.39. The molecule has 158 valence electrons. The van der Waals surface area contributed by atoms with Crippen LogP contribution in [-0.2, 0) is 0 Å². The van der Waals surface area contributed by atoms with E-state index in [2.05, 4.69) is 14.8 Å². The molecule has 0 aliphatic carbocycles. The van der Waals surface area contributed by atoms with Crippen LogP contribution in [-0.4, -0.2) is 43.8 Å². The van der Waals surface area contributed by atoms with Gasteiger partial charge in [-0.25, -0.2) is 0 Å². The number of hydrogen-bond donors (Lipinski definition) is 1. The molecule has 1 atom stereocenters. The number of ether oxygens (including phenoxy) is 2. The highest BCUT2D eigenvalue weighted by Gasteiger charge is 2.35. The van der Waals surface area contributed by atoms with Crippen LogP contribution in [0.5, 0.6) is 11.5 Å². The quantitative estimate of drug-likeness (QED) is 0.724. The molecule has 2 aromatic carbocycles. The van der Waals surface area contributed by atoms with Crippen molar-refractivity contribution in [2.75, 3.05) is 26.2 Å². The van der Waals surface area contributed by atoms with E-state index < -0.39 is 24.5 Å². The Morgan fingerprint density at radius 2 is 1.38 bits per heavy atom. The summed E-state index contributed by atoms with van der Waals surface area (Å²) >= 11 is 0. The highest BCUT2D eigenvalue weighted by atomic mass is 19.4. The Morgan fingerprint density at radius 3 is 1.97 bits per heavy atom. The van der Waals surface area contributed by atoms with Crippen molar-refractivity contribution in [2.24, 2.45) is 0 Å². The SMILES string of the molecule is FC(F)(F)Oc1ccc([C@@H](c2ccccc2OC(F)(F)F)N2CCNCC2)cc1. The molecule has 0 bridgehead atoms. The molecular formula is C19H18F6N2O2. The third-order valence-electron chi connectivity index (χ3n) is 4.39. The second kappa shape index (κ2) is 8.50. The van der Waals surface area contributed by atoms with Crippen molar-refractivity contribution in [2.45, 2.75) is 18.8 Å². The summed E-state index contributed by atoms with van der Waals surface area (Å²) in [7, 11) is 0. The molecule has 0 aromatic heterocycles. The number of benzene rings is 2. The summed E-state index contributed by atoms with van der Waals surface area (Å²) in [6.45, 7) is 2.36. The highest BCUT2D eigenvalue weighted by molar-refractivity contribution is 5.43. The average Bonchev–Trinajstić information content (AvgIpc) is 2.63. The summed E-state index contributed by atoms with van der Waals surface area (Å²) < 4.78 is 83.9. The summed E-state index contributed by atoms with van der Waals surface area (Å²) in [5, 5.41) is 3.16. The second-order valence-electron chi connectivity index (χ2n) is 6.39. The van der Waals surface area contributed by atoms with Crippen LogP contribution in [0.4, 0.5) is 26.3 Å². The van der Waals surface area contributed by atoms with Gasteiger partial charge in [-0.2, -0.15) is 0 Å². The van der Waals surface area contributed by atoms with Gasteiger partial charge in [-0.3, -0.25) is 4.90 Å². The zero-order chi connectivity index (χ0) is 21.1. The smallest absolute Gasteiger partial charge is 0.406 e. The summed E-state index contributed by atoms with van der Waals surface area (Å²) in [5.74, 6) is -0.751. The molecule has 2 aromatic rings. The number of nitrogens with zero attached hydrogens (tertiary/aromatic N) is 1. The van der Waals surface area contributed by atoms with E-state index in [9.17, 15) is 26.3 Å². The van der Waals surface area contributed by atoms with Crippen molar-refractivity contribution in [1.29, 1.82) is 0 Å². The van der Waals surface area contributed by atoms with Crippen LogP contribution >= 0.6 is 0 Å². The lowest BCUT2D eigenvalue weighted by Crippen LogP contribution is -2.45. The van der Waals surface area contributed by atoms with Gasteiger partial charge in [0.1, 0.15) is 11.5 Å². The fourth-order valence-electron chi connectivity index (χ4n) is 3.30. The van der Waals surface area contributed by atoms with E-state index in [1.54, 1.807) is 6.07 Å². The van der Waals surface area contributed by atoms with Crippen LogP contribution in [0.3, 0.4) is 0 Å². The topological polar surface area (TPSA) is 33.7 Å². The maximum absolute atomic E-state index is 12.9. The number of hydrogen-bond acceptors (Lipinski definition) is 4. The van der Waals surface area contributed by atoms with Crippen LogP contribution in [0.2, 0.25) is 0 Å². The monoisotopic (exact) mass is 420 g/mol. The largest absolute Gasteiger partial charge is 0.573 e. The van der Waals surface area contributed by atoms with Gasteiger partial charge in [-0.15, -0.1) is 26.3 Å². The number of halogens is 6. The molecular weight excluding hydrogens is 402 g/mol. The van der Waals surface area contributed by atoms with Gasteiger partial charge in [0, 0.05) is 31.7 Å². The van der Waals surface area contributed by atoms with Crippen molar-refractivity contribution < 1.29 is 35.8 Å². The lowest BCUT2D eigenvalue weighted by Gasteiger charge is -2.36. The van der Waals surface area contributed by atoms with Crippen LogP contribution < -0.4 is 14.8 Å². The minimum Gasteiger partial charge on any atom is -0.406 e. The number of alkyl halides is 6. The third-order valence-corrected chi connectivity index (χ3v) is 4.39. The van der Waals surface area contributed by atoms with Gasteiger partial charge in [0.15, 0.2) is 0 Å². The Morgan fingerprint density at radius 1 is 0.793 bits per heavy atom. The normalized spacial score (nSPS) is 17.0. The van der Waals surface area contributed by atoms with Gasteiger partial charge >= 0.3 is 12.7 Å². The van der Waals surface area contributed by atoms with E-state index in [0.717, 1.165) is 12.1 Å². The molecule has 10 heteroatoms. The molecule has 1 aliphatic heterocycles. The summed E-state index contributed by atoms with van der Waals surface area (Å²) in [6, 6.07) is 10.3. The lowest BCUT2D eigenvalue weighted by atomic mass is 9.95. The van der Waals surface area contributed by atoms with Crippen molar-refractivity contribution in [1.82, 2.24) is 10.2 Å². The molecule has 29 heavy (non-hydrogen) atoms. The van der Waals surface area contributed by atoms with Gasteiger partial charge in [0.2, 0.25) is 0 Å². The van der Waals surface area contributed by atoms with E-state index in [-0.39, 0.29) is 11.3 Å². The molecule has 0 unspecified atom stereocenters. The van der Waals surface area contributed by atoms with Crippen molar-refractivity contribution in [3.05, 3.63) is 59.7 Å². The first-order valence-corrected chi connectivity index (χ1v) is 8.77. The molecule has 4 nitrogen and oxygen atoms in total. The molecule has 0 amide bonds. The zero-order valence-corrected chi connectivity index (χ0v) is 15.1. The molecule has 1 N–H and O–H groups in total. The number of nitrogens with one attached hydrogen (secondary N) is 1. The Labute approximate surface area is 163 Å². The van der Waals surface area contributed by atoms with Crippen LogP contribution in [0.25, 0.3) is 0 Å². The lowest BCUT2D eigenvalue weighted by molar-refractivity contribution is -0.275. The zero-order valence-electron chi connectivity index (χ0n) is 15.1. The van der Waals surface area contributed by atoms with E-state index >= 15 is 0 Å². The van der Waals surface area contributed by atoms with Gasteiger partial charge in [-0.05, 0) is 23.8 Å². The van der Waals surface area contributed by atoms with Crippen molar-refractivity contribution >= 4 is 0 Å². The van der Waals surface area contributed by atoms with Crippen LogP contribution in [0.15, 0.2) is 48.5 Å². The predicted octanol–water partition coefficient (Wildman–Crippen LogP) is 4.48. The molecule has 1 saturated heterocycles. The van der Waals surface area contributed by atoms with Gasteiger partial charge in [-0.1, -0.05) is 30.3 Å². The molecule has 0 saturated carbocycles. The minimum absolute atomic E-state index is 0.274. The van der Waals surface area contributed by atoms with E-state index in [0.29, 0.717) is 31.7 Å². The predicted molar refractivity (Wildman–Crippen MR) is 92.5 cm³/mol. The molecule has 3 rings (SSSR count). The number of piperazine rings is 1. The average molecular weight is 420 g/mol. The van der Waals surface area contributed by atoms with E-state index in [1.165, 1.54) is 30.3 Å². The molecule has 0 spiro atoms. The Kier molecular flexibility index (Phi) is 6.23. The van der Waals surface area contributed by atoms with Gasteiger partial charge in [0.05, 0.1) is 6.04 Å². The molecule has 1 aliphatic rings. The maximum atomic E-state index is 12.9. The Hall–Kier alpha value is -2.46. The maximum Gasteiger partial charge on any atom is 0.573 e. The summed E-state index contributed by atoms with van der Waals surface area (Å²) in [5.41, 5.74) is 0.802. The minimum atomic E-state index is -4.87. The van der Waals surface area contributed by atoms with E-state index in [1.807, 2.05) is 4.90 Å². The fraction of sp³-hybridized carbons (Fsp3) is 0.368. The number of rotatable bonds is 5. The van der Waals surface area contributed by atoms with Gasteiger partial charge in [0.25, 0.3) is 0 Å². The summed E-state index contributed by atoms with van der Waals surface area (Å²) in [6.07, 6.45) is -9.69. The molecule has 1 fully saturated rings. The van der Waals surface area contributed by atoms with Crippen LogP contribution in [0, 0.1) is 0 Å². The standard InChI is InChI=1S/C19H18F6N2O2/c20-18(21,22)28-14-7-5-13(6-8-14)17(27-11-9-26-10-12-27)15-3-1-2-4-16(15)29-19(23,24)25/h1-8,17,26H,9-12H2/t17-/m0/s1. The molecule has 0 radical (unpaired) electrons. The fourth-order valence-corrected chi connectivity index (χ4v) is 3.30. The summed E-state index contributed by atoms with van der Waals surface area (Å²) in [4.78, 5) is 1.95. The van der Waals surface area contributed by atoms with Crippen LogP contribution in [0.1, 0.15) is 17.2 Å². The third kappa shape index (κ3) is 6.01. The number of para-hydroxylation sites is 1. The van der Waals surface area contributed by atoms with E-state index in [4.69, 9.17) is 0 Å². The Balaban J connectivity index is 1.98.